The Labute approximate surface area is 179 Å². The fraction of sp³-hybridized carbons (Fsp3) is 0.211. The molecule has 2 aromatic carbocycles. The van der Waals surface area contributed by atoms with E-state index in [9.17, 15) is 24.1 Å². The maximum Gasteiger partial charge on any atom is 0.271 e. The fourth-order valence-corrected chi connectivity index (χ4v) is 3.74. The predicted octanol–water partition coefficient (Wildman–Crippen LogP) is 4.24. The number of fused-ring (bicyclic) bond motifs is 1. The molecule has 0 radical (unpaired) electrons. The SMILES string of the molecule is CCCn1c(SCC(=O)Nc2cc([N+](=O)[O-])ccc2F)nc2cc(Cl)ccc2c1=O. The van der Waals surface area contributed by atoms with Crippen molar-refractivity contribution in [2.45, 2.75) is 25.0 Å². The molecule has 3 rings (SSSR count). The van der Waals surface area contributed by atoms with E-state index in [1.807, 2.05) is 6.92 Å². The largest absolute Gasteiger partial charge is 0.323 e. The zero-order valence-electron chi connectivity index (χ0n) is 15.7. The molecule has 11 heteroatoms. The van der Waals surface area contributed by atoms with Gasteiger partial charge in [-0.2, -0.15) is 0 Å². The number of carbonyl (C=O) groups is 1. The van der Waals surface area contributed by atoms with Gasteiger partial charge in [0.05, 0.1) is 27.3 Å². The minimum atomic E-state index is -0.791. The molecule has 8 nitrogen and oxygen atoms in total. The fourth-order valence-electron chi connectivity index (χ4n) is 2.74. The van der Waals surface area contributed by atoms with Crippen molar-refractivity contribution in [2.24, 2.45) is 0 Å². The standard InChI is InChI=1S/C19H16ClFN4O4S/c1-2-7-24-18(27)13-5-3-11(20)8-15(13)23-19(24)30-10-17(26)22-16-9-12(25(28)29)4-6-14(16)21/h3-6,8-9H,2,7,10H2,1H3,(H,22,26). The Morgan fingerprint density at radius 3 is 2.80 bits per heavy atom. The number of rotatable bonds is 7. The quantitative estimate of drug-likeness (QED) is 0.250. The van der Waals surface area contributed by atoms with Crippen LogP contribution < -0.4 is 10.9 Å². The van der Waals surface area contributed by atoms with E-state index in [1.54, 1.807) is 18.2 Å². The lowest BCUT2D eigenvalue weighted by molar-refractivity contribution is -0.384. The van der Waals surface area contributed by atoms with Crippen LogP contribution in [0.1, 0.15) is 13.3 Å². The number of nitro benzene ring substituents is 1. The van der Waals surface area contributed by atoms with E-state index < -0.39 is 16.6 Å². The van der Waals surface area contributed by atoms with E-state index in [-0.39, 0.29) is 22.7 Å². The van der Waals surface area contributed by atoms with Gasteiger partial charge in [0.1, 0.15) is 5.82 Å². The number of non-ortho nitro benzene ring substituents is 1. The minimum absolute atomic E-state index is 0.176. The lowest BCUT2D eigenvalue weighted by atomic mass is 10.2. The van der Waals surface area contributed by atoms with Crippen LogP contribution in [0.4, 0.5) is 15.8 Å². The summed E-state index contributed by atoms with van der Waals surface area (Å²) in [5.74, 6) is -1.56. The minimum Gasteiger partial charge on any atom is -0.323 e. The van der Waals surface area contributed by atoms with Crippen LogP contribution in [0.25, 0.3) is 10.9 Å². The second kappa shape index (κ2) is 9.23. The molecule has 0 aliphatic rings. The van der Waals surface area contributed by atoms with Gasteiger partial charge in [-0.3, -0.25) is 24.3 Å². The monoisotopic (exact) mass is 450 g/mol. The Morgan fingerprint density at radius 2 is 2.10 bits per heavy atom. The molecule has 30 heavy (non-hydrogen) atoms. The molecule has 0 saturated heterocycles. The van der Waals surface area contributed by atoms with Crippen LogP contribution in [-0.2, 0) is 11.3 Å². The smallest absolute Gasteiger partial charge is 0.271 e. The number of hydrogen-bond donors (Lipinski definition) is 1. The first-order valence-corrected chi connectivity index (χ1v) is 10.2. The highest BCUT2D eigenvalue weighted by Crippen LogP contribution is 2.23. The second-order valence-electron chi connectivity index (χ2n) is 6.27. The van der Waals surface area contributed by atoms with E-state index in [4.69, 9.17) is 11.6 Å². The number of aromatic nitrogens is 2. The normalized spacial score (nSPS) is 10.9. The van der Waals surface area contributed by atoms with Crippen molar-refractivity contribution >= 4 is 51.5 Å². The van der Waals surface area contributed by atoms with Crippen molar-refractivity contribution < 1.29 is 14.1 Å². The van der Waals surface area contributed by atoms with E-state index in [0.717, 1.165) is 30.0 Å². The zero-order valence-corrected chi connectivity index (χ0v) is 17.3. The summed E-state index contributed by atoms with van der Waals surface area (Å²) in [7, 11) is 0. The van der Waals surface area contributed by atoms with Gasteiger partial charge in [-0.05, 0) is 30.7 Å². The highest BCUT2D eigenvalue weighted by atomic mass is 35.5. The molecule has 156 valence electrons. The molecule has 1 amide bonds. The van der Waals surface area contributed by atoms with Gasteiger partial charge in [-0.25, -0.2) is 9.37 Å². The summed E-state index contributed by atoms with van der Waals surface area (Å²) >= 11 is 6.99. The molecule has 1 heterocycles. The molecular formula is C19H16ClFN4O4S. The van der Waals surface area contributed by atoms with Crippen LogP contribution in [0.15, 0.2) is 46.3 Å². The van der Waals surface area contributed by atoms with Crippen LogP contribution in [0.2, 0.25) is 5.02 Å². The molecule has 1 aromatic heterocycles. The Kier molecular flexibility index (Phi) is 6.68. The Hall–Kier alpha value is -2.98. The molecule has 0 fully saturated rings. The highest BCUT2D eigenvalue weighted by Gasteiger charge is 2.16. The second-order valence-corrected chi connectivity index (χ2v) is 7.65. The summed E-state index contributed by atoms with van der Waals surface area (Å²) in [4.78, 5) is 39.7. The third kappa shape index (κ3) is 4.77. The van der Waals surface area contributed by atoms with Gasteiger partial charge in [0.2, 0.25) is 5.91 Å². The first-order valence-electron chi connectivity index (χ1n) is 8.87. The van der Waals surface area contributed by atoms with Gasteiger partial charge in [-0.15, -0.1) is 0 Å². The average Bonchev–Trinajstić information content (AvgIpc) is 2.70. The average molecular weight is 451 g/mol. The van der Waals surface area contributed by atoms with Gasteiger partial charge in [-0.1, -0.05) is 30.3 Å². The maximum atomic E-state index is 13.9. The summed E-state index contributed by atoms with van der Waals surface area (Å²) in [6.45, 7) is 2.32. The van der Waals surface area contributed by atoms with E-state index in [1.165, 1.54) is 4.57 Å². The first-order chi connectivity index (χ1) is 14.3. The van der Waals surface area contributed by atoms with Gasteiger partial charge in [0, 0.05) is 23.7 Å². The third-order valence-corrected chi connectivity index (χ3v) is 5.31. The molecule has 0 bridgehead atoms. The van der Waals surface area contributed by atoms with Crippen molar-refractivity contribution in [3.05, 3.63) is 67.7 Å². The maximum absolute atomic E-state index is 13.9. The number of anilines is 1. The summed E-state index contributed by atoms with van der Waals surface area (Å²) in [6.07, 6.45) is 0.680. The molecular weight excluding hydrogens is 435 g/mol. The molecule has 0 saturated carbocycles. The van der Waals surface area contributed by atoms with Crippen LogP contribution >= 0.6 is 23.4 Å². The molecule has 0 spiro atoms. The Balaban J connectivity index is 1.83. The number of nitrogens with zero attached hydrogens (tertiary/aromatic N) is 3. The van der Waals surface area contributed by atoms with E-state index in [0.29, 0.717) is 34.0 Å². The van der Waals surface area contributed by atoms with Gasteiger partial charge in [0.25, 0.3) is 11.2 Å². The molecule has 3 aromatic rings. The number of benzene rings is 2. The number of carbonyl (C=O) groups excluding carboxylic acids is 1. The third-order valence-electron chi connectivity index (χ3n) is 4.10. The zero-order chi connectivity index (χ0) is 21.8. The Bertz CT molecular complexity index is 1200. The summed E-state index contributed by atoms with van der Waals surface area (Å²) < 4.78 is 15.3. The summed E-state index contributed by atoms with van der Waals surface area (Å²) in [5.41, 5.74) is -0.471. The number of amides is 1. The number of thioether (sulfide) groups is 1. The van der Waals surface area contributed by atoms with Gasteiger partial charge >= 0.3 is 0 Å². The molecule has 0 atom stereocenters. The van der Waals surface area contributed by atoms with Crippen molar-refractivity contribution in [3.8, 4) is 0 Å². The summed E-state index contributed by atoms with van der Waals surface area (Å²) in [5, 5.41) is 14.3. The van der Waals surface area contributed by atoms with E-state index in [2.05, 4.69) is 10.3 Å². The van der Waals surface area contributed by atoms with Crippen LogP contribution in [-0.4, -0.2) is 26.1 Å². The lowest BCUT2D eigenvalue weighted by Gasteiger charge is -2.12. The number of hydrogen-bond acceptors (Lipinski definition) is 6. The lowest BCUT2D eigenvalue weighted by Crippen LogP contribution is -2.24. The highest BCUT2D eigenvalue weighted by molar-refractivity contribution is 7.99. The first kappa shape index (κ1) is 21.7. The van der Waals surface area contributed by atoms with Crippen molar-refractivity contribution in [1.29, 1.82) is 0 Å². The predicted molar refractivity (Wildman–Crippen MR) is 114 cm³/mol. The van der Waals surface area contributed by atoms with Crippen molar-refractivity contribution in [2.75, 3.05) is 11.1 Å². The topological polar surface area (TPSA) is 107 Å². The number of halogens is 2. The van der Waals surface area contributed by atoms with Crippen molar-refractivity contribution in [1.82, 2.24) is 9.55 Å². The van der Waals surface area contributed by atoms with Crippen LogP contribution in [0, 0.1) is 15.9 Å². The number of nitrogens with one attached hydrogen (secondary N) is 1. The summed E-state index contributed by atoms with van der Waals surface area (Å²) in [6, 6.07) is 7.64. The molecule has 1 N–H and O–H groups in total. The molecule has 0 unspecified atom stereocenters. The van der Waals surface area contributed by atoms with Gasteiger partial charge in [0.15, 0.2) is 5.16 Å². The molecule has 0 aliphatic heterocycles. The van der Waals surface area contributed by atoms with Crippen molar-refractivity contribution in [3.63, 3.8) is 0 Å². The van der Waals surface area contributed by atoms with Gasteiger partial charge < -0.3 is 5.32 Å². The Morgan fingerprint density at radius 1 is 1.33 bits per heavy atom. The van der Waals surface area contributed by atoms with Crippen LogP contribution in [0.3, 0.4) is 0 Å². The van der Waals surface area contributed by atoms with E-state index >= 15 is 0 Å². The molecule has 0 aliphatic carbocycles. The number of nitro groups is 1. The van der Waals surface area contributed by atoms with Crippen LogP contribution in [0.5, 0.6) is 0 Å².